The predicted octanol–water partition coefficient (Wildman–Crippen LogP) is 1.98. The molecule has 2 rings (SSSR count). The van der Waals surface area contributed by atoms with E-state index >= 15 is 0 Å². The first-order valence-electron chi connectivity index (χ1n) is 6.93. The van der Waals surface area contributed by atoms with Crippen LogP contribution < -0.4 is 5.32 Å². The van der Waals surface area contributed by atoms with Crippen LogP contribution in [0, 0.1) is 11.8 Å². The maximum atomic E-state index is 12.0. The SMILES string of the molecule is CC1CCC(CNC(=O)N2CSCC2C(=O)O)CC1. The van der Waals surface area contributed by atoms with Crippen LogP contribution in [0.3, 0.4) is 0 Å². The first-order chi connectivity index (χ1) is 9.08. The minimum absolute atomic E-state index is 0.226. The molecule has 1 aliphatic heterocycles. The van der Waals surface area contributed by atoms with Crippen molar-refractivity contribution in [3.05, 3.63) is 0 Å². The third-order valence-corrected chi connectivity index (χ3v) is 5.12. The number of urea groups is 1. The molecule has 0 aromatic rings. The molecule has 0 bridgehead atoms. The van der Waals surface area contributed by atoms with E-state index in [2.05, 4.69) is 12.2 Å². The van der Waals surface area contributed by atoms with Crippen LogP contribution in [0.1, 0.15) is 32.6 Å². The minimum Gasteiger partial charge on any atom is -0.480 e. The lowest BCUT2D eigenvalue weighted by Gasteiger charge is -2.27. The van der Waals surface area contributed by atoms with E-state index < -0.39 is 12.0 Å². The molecule has 6 heteroatoms. The Morgan fingerprint density at radius 2 is 2.00 bits per heavy atom. The zero-order valence-corrected chi connectivity index (χ0v) is 12.1. The number of carboxylic acid groups (broad SMARTS) is 1. The topological polar surface area (TPSA) is 69.6 Å². The van der Waals surface area contributed by atoms with Gasteiger partial charge < -0.3 is 15.3 Å². The highest BCUT2D eigenvalue weighted by Crippen LogP contribution is 2.28. The number of hydrogen-bond acceptors (Lipinski definition) is 3. The Balaban J connectivity index is 1.76. The highest BCUT2D eigenvalue weighted by Gasteiger charge is 2.34. The van der Waals surface area contributed by atoms with Gasteiger partial charge in [0.25, 0.3) is 0 Å². The molecule has 108 valence electrons. The van der Waals surface area contributed by atoms with Crippen LogP contribution in [0.5, 0.6) is 0 Å². The highest BCUT2D eigenvalue weighted by atomic mass is 32.2. The van der Waals surface area contributed by atoms with Gasteiger partial charge in [-0.3, -0.25) is 0 Å². The van der Waals surface area contributed by atoms with Gasteiger partial charge in [-0.05, 0) is 24.7 Å². The summed E-state index contributed by atoms with van der Waals surface area (Å²) in [6, 6.07) is -0.896. The van der Waals surface area contributed by atoms with Gasteiger partial charge in [-0.15, -0.1) is 11.8 Å². The Morgan fingerprint density at radius 1 is 1.32 bits per heavy atom. The van der Waals surface area contributed by atoms with Gasteiger partial charge >= 0.3 is 12.0 Å². The molecule has 1 atom stereocenters. The molecule has 1 unspecified atom stereocenters. The molecule has 1 heterocycles. The van der Waals surface area contributed by atoms with Gasteiger partial charge in [0, 0.05) is 12.3 Å². The summed E-state index contributed by atoms with van der Waals surface area (Å²) in [5, 5.41) is 11.9. The molecule has 19 heavy (non-hydrogen) atoms. The van der Waals surface area contributed by atoms with Crippen molar-refractivity contribution in [2.24, 2.45) is 11.8 Å². The lowest BCUT2D eigenvalue weighted by Crippen LogP contribution is -2.48. The standard InChI is InChI=1S/C13H22N2O3S/c1-9-2-4-10(5-3-9)6-14-13(18)15-8-19-7-11(15)12(16)17/h9-11H,2-8H2,1H3,(H,14,18)(H,16,17). The molecule has 5 nitrogen and oxygen atoms in total. The van der Waals surface area contributed by atoms with Crippen LogP contribution in [-0.2, 0) is 4.79 Å². The lowest BCUT2D eigenvalue weighted by molar-refractivity contribution is -0.140. The van der Waals surface area contributed by atoms with Crippen molar-refractivity contribution < 1.29 is 14.7 Å². The van der Waals surface area contributed by atoms with Gasteiger partial charge in [0.15, 0.2) is 0 Å². The number of carbonyl (C=O) groups is 2. The van der Waals surface area contributed by atoms with E-state index in [1.807, 2.05) is 0 Å². The Morgan fingerprint density at radius 3 is 2.63 bits per heavy atom. The van der Waals surface area contributed by atoms with Gasteiger partial charge in [-0.25, -0.2) is 9.59 Å². The summed E-state index contributed by atoms with van der Waals surface area (Å²) < 4.78 is 0. The van der Waals surface area contributed by atoms with Crippen LogP contribution in [0.15, 0.2) is 0 Å². The summed E-state index contributed by atoms with van der Waals surface area (Å²) in [6.07, 6.45) is 4.80. The molecule has 2 aliphatic rings. The molecule has 0 spiro atoms. The van der Waals surface area contributed by atoms with Gasteiger partial charge in [-0.1, -0.05) is 19.8 Å². The van der Waals surface area contributed by atoms with Crippen molar-refractivity contribution in [1.29, 1.82) is 0 Å². The van der Waals surface area contributed by atoms with Gasteiger partial charge in [0.1, 0.15) is 6.04 Å². The molecule has 1 saturated carbocycles. The van der Waals surface area contributed by atoms with Crippen LogP contribution in [0.4, 0.5) is 4.79 Å². The highest BCUT2D eigenvalue weighted by molar-refractivity contribution is 7.99. The molecule has 0 aromatic heterocycles. The van der Waals surface area contributed by atoms with Crippen LogP contribution in [0.25, 0.3) is 0 Å². The average Bonchev–Trinajstić information content (AvgIpc) is 2.87. The van der Waals surface area contributed by atoms with E-state index in [0.29, 0.717) is 24.1 Å². The first kappa shape index (κ1) is 14.5. The van der Waals surface area contributed by atoms with Crippen LogP contribution >= 0.6 is 11.8 Å². The Bertz CT molecular complexity index is 343. The van der Waals surface area contributed by atoms with E-state index in [-0.39, 0.29) is 6.03 Å². The number of nitrogens with one attached hydrogen (secondary N) is 1. The summed E-state index contributed by atoms with van der Waals surface area (Å²) in [6.45, 7) is 2.95. The minimum atomic E-state index is -0.911. The quantitative estimate of drug-likeness (QED) is 0.832. The van der Waals surface area contributed by atoms with Crippen molar-refractivity contribution >= 4 is 23.8 Å². The van der Waals surface area contributed by atoms with Gasteiger partial charge in [-0.2, -0.15) is 0 Å². The largest absolute Gasteiger partial charge is 0.480 e. The molecular formula is C13H22N2O3S. The first-order valence-corrected chi connectivity index (χ1v) is 8.08. The summed E-state index contributed by atoms with van der Waals surface area (Å²) in [7, 11) is 0. The number of nitrogens with zero attached hydrogens (tertiary/aromatic N) is 1. The summed E-state index contributed by atoms with van der Waals surface area (Å²) in [5.74, 6) is 1.41. The van der Waals surface area contributed by atoms with Crippen molar-refractivity contribution in [3.8, 4) is 0 Å². The van der Waals surface area contributed by atoms with Crippen molar-refractivity contribution in [1.82, 2.24) is 10.2 Å². The lowest BCUT2D eigenvalue weighted by atomic mass is 9.83. The second kappa shape index (κ2) is 6.50. The number of rotatable bonds is 3. The molecule has 1 saturated heterocycles. The number of carboxylic acids is 1. The molecule has 0 radical (unpaired) electrons. The Kier molecular flexibility index (Phi) is 4.96. The van der Waals surface area contributed by atoms with Gasteiger partial charge in [0.05, 0.1) is 5.88 Å². The second-order valence-electron chi connectivity index (χ2n) is 5.64. The van der Waals surface area contributed by atoms with Crippen molar-refractivity contribution in [2.75, 3.05) is 18.2 Å². The molecule has 1 aliphatic carbocycles. The molecule has 2 fully saturated rings. The maximum Gasteiger partial charge on any atom is 0.327 e. The van der Waals surface area contributed by atoms with Crippen LogP contribution in [0.2, 0.25) is 0 Å². The number of hydrogen-bond donors (Lipinski definition) is 2. The van der Waals surface area contributed by atoms with Crippen molar-refractivity contribution in [3.63, 3.8) is 0 Å². The summed E-state index contributed by atoms with van der Waals surface area (Å²) in [5.41, 5.74) is 0. The van der Waals surface area contributed by atoms with E-state index in [9.17, 15) is 9.59 Å². The van der Waals surface area contributed by atoms with Crippen molar-refractivity contribution in [2.45, 2.75) is 38.6 Å². The van der Waals surface area contributed by atoms with E-state index in [0.717, 1.165) is 5.92 Å². The van der Waals surface area contributed by atoms with Gasteiger partial charge in [0.2, 0.25) is 0 Å². The number of amides is 2. The predicted molar refractivity (Wildman–Crippen MR) is 75.1 cm³/mol. The zero-order chi connectivity index (χ0) is 13.8. The normalized spacial score (nSPS) is 31.2. The maximum absolute atomic E-state index is 12.0. The van der Waals surface area contributed by atoms with E-state index in [1.54, 1.807) is 0 Å². The van der Waals surface area contributed by atoms with Crippen LogP contribution in [-0.4, -0.2) is 46.2 Å². The summed E-state index contributed by atoms with van der Waals surface area (Å²) >= 11 is 1.49. The molecule has 2 N–H and O–H groups in total. The fourth-order valence-electron chi connectivity index (χ4n) is 2.71. The molecule has 0 aromatic carbocycles. The Labute approximate surface area is 118 Å². The number of aliphatic carboxylic acids is 1. The monoisotopic (exact) mass is 286 g/mol. The fraction of sp³-hybridized carbons (Fsp3) is 0.846. The smallest absolute Gasteiger partial charge is 0.327 e. The average molecular weight is 286 g/mol. The van der Waals surface area contributed by atoms with E-state index in [1.165, 1.54) is 42.3 Å². The third kappa shape index (κ3) is 3.78. The van der Waals surface area contributed by atoms with E-state index in [4.69, 9.17) is 5.11 Å². The Hall–Kier alpha value is -0.910. The second-order valence-corrected chi connectivity index (χ2v) is 6.64. The zero-order valence-electron chi connectivity index (χ0n) is 11.3. The number of thioether (sulfide) groups is 1. The molecule has 2 amide bonds. The third-order valence-electron chi connectivity index (χ3n) is 4.11. The summed E-state index contributed by atoms with van der Waals surface area (Å²) in [4.78, 5) is 24.5. The number of carbonyl (C=O) groups excluding carboxylic acids is 1. The fourth-order valence-corrected chi connectivity index (χ4v) is 3.86. The molecular weight excluding hydrogens is 264 g/mol.